The van der Waals surface area contributed by atoms with E-state index in [4.69, 9.17) is 14.9 Å². The van der Waals surface area contributed by atoms with E-state index >= 15 is 0 Å². The lowest BCUT2D eigenvalue weighted by molar-refractivity contribution is 0.0465. The number of carbonyl (C=O) groups excluding carboxylic acids is 2. The molecule has 6 nitrogen and oxygen atoms in total. The molecule has 1 aromatic heterocycles. The van der Waals surface area contributed by atoms with Crippen LogP contribution in [0.15, 0.2) is 34.7 Å². The minimum Gasteiger partial charge on any atom is -0.455 e. The maximum absolute atomic E-state index is 11.7. The molecule has 0 radical (unpaired) electrons. The molecule has 0 unspecified atom stereocenters. The number of ether oxygens (including phenoxy) is 1. The minimum atomic E-state index is -0.744. The lowest BCUT2D eigenvalue weighted by Gasteiger charge is -2.02. The predicted molar refractivity (Wildman–Crippen MR) is 65.3 cm³/mol. The van der Waals surface area contributed by atoms with Gasteiger partial charge in [0.2, 0.25) is 5.76 Å². The van der Waals surface area contributed by atoms with E-state index in [1.165, 1.54) is 0 Å². The summed E-state index contributed by atoms with van der Waals surface area (Å²) in [5, 5.41) is 0. The maximum Gasteiger partial charge on any atom is 0.338 e. The topological polar surface area (TPSA) is 95.4 Å². The Bertz CT molecular complexity index is 604. The molecule has 19 heavy (non-hydrogen) atoms. The third-order valence-electron chi connectivity index (χ3n) is 2.38. The number of rotatable bonds is 4. The number of nitrogens with zero attached hydrogens (tertiary/aromatic N) is 1. The molecule has 0 bridgehead atoms. The van der Waals surface area contributed by atoms with E-state index in [1.54, 1.807) is 37.3 Å². The molecule has 0 aliphatic carbocycles. The fourth-order valence-electron chi connectivity index (χ4n) is 1.55. The van der Waals surface area contributed by atoms with Crippen molar-refractivity contribution in [3.8, 4) is 0 Å². The fraction of sp³-hybridized carbons (Fsp3) is 0.154. The van der Waals surface area contributed by atoms with Crippen LogP contribution in [0.2, 0.25) is 0 Å². The van der Waals surface area contributed by atoms with Gasteiger partial charge < -0.3 is 14.9 Å². The normalized spacial score (nSPS) is 10.2. The summed E-state index contributed by atoms with van der Waals surface area (Å²) in [6, 6.07) is 8.51. The van der Waals surface area contributed by atoms with Gasteiger partial charge in [-0.1, -0.05) is 18.2 Å². The molecule has 0 fully saturated rings. The van der Waals surface area contributed by atoms with E-state index in [0.29, 0.717) is 11.5 Å². The van der Waals surface area contributed by atoms with Gasteiger partial charge in [-0.3, -0.25) is 4.79 Å². The van der Waals surface area contributed by atoms with Gasteiger partial charge in [0.05, 0.1) is 5.56 Å². The van der Waals surface area contributed by atoms with Crippen LogP contribution in [0.1, 0.15) is 32.5 Å². The van der Waals surface area contributed by atoms with Crippen molar-refractivity contribution in [2.45, 2.75) is 13.5 Å². The van der Waals surface area contributed by atoms with Crippen molar-refractivity contribution in [2.75, 3.05) is 0 Å². The molecule has 0 saturated carbocycles. The summed E-state index contributed by atoms with van der Waals surface area (Å²) in [5.41, 5.74) is 5.77. The van der Waals surface area contributed by atoms with Gasteiger partial charge in [0.1, 0.15) is 12.3 Å². The Labute approximate surface area is 109 Å². The van der Waals surface area contributed by atoms with E-state index in [-0.39, 0.29) is 18.1 Å². The van der Waals surface area contributed by atoms with Crippen molar-refractivity contribution in [2.24, 2.45) is 5.73 Å². The standard InChI is InChI=1S/C13H12N2O4/c1-8-15-10(11(19-8)12(14)16)7-18-13(17)9-5-3-2-4-6-9/h2-6H,7H2,1H3,(H2,14,16). The van der Waals surface area contributed by atoms with Crippen LogP contribution in [0.5, 0.6) is 0 Å². The molecule has 0 spiro atoms. The Morgan fingerprint density at radius 1 is 1.32 bits per heavy atom. The van der Waals surface area contributed by atoms with Crippen LogP contribution in [0.4, 0.5) is 0 Å². The van der Waals surface area contributed by atoms with Crippen molar-refractivity contribution in [3.63, 3.8) is 0 Å². The maximum atomic E-state index is 11.7. The van der Waals surface area contributed by atoms with Gasteiger partial charge in [-0.05, 0) is 12.1 Å². The molecular formula is C13H12N2O4. The zero-order valence-corrected chi connectivity index (χ0v) is 10.3. The van der Waals surface area contributed by atoms with Gasteiger partial charge in [-0.25, -0.2) is 9.78 Å². The first-order valence-electron chi connectivity index (χ1n) is 5.56. The number of benzene rings is 1. The van der Waals surface area contributed by atoms with Crippen LogP contribution in [0.25, 0.3) is 0 Å². The third-order valence-corrected chi connectivity index (χ3v) is 2.38. The van der Waals surface area contributed by atoms with Gasteiger partial charge in [0, 0.05) is 6.92 Å². The van der Waals surface area contributed by atoms with Crippen LogP contribution >= 0.6 is 0 Å². The number of primary amides is 1. The highest BCUT2D eigenvalue weighted by Crippen LogP contribution is 2.12. The summed E-state index contributed by atoms with van der Waals surface area (Å²) >= 11 is 0. The van der Waals surface area contributed by atoms with E-state index in [1.807, 2.05) is 0 Å². The molecule has 0 atom stereocenters. The highest BCUT2D eigenvalue weighted by atomic mass is 16.5. The molecular weight excluding hydrogens is 248 g/mol. The van der Waals surface area contributed by atoms with Gasteiger partial charge in [-0.15, -0.1) is 0 Å². The Kier molecular flexibility index (Phi) is 3.61. The number of aromatic nitrogens is 1. The predicted octanol–water partition coefficient (Wildman–Crippen LogP) is 1.44. The van der Waals surface area contributed by atoms with Gasteiger partial charge in [-0.2, -0.15) is 0 Å². The Morgan fingerprint density at radius 3 is 2.63 bits per heavy atom. The van der Waals surface area contributed by atoms with Gasteiger partial charge in [0.25, 0.3) is 5.91 Å². The monoisotopic (exact) mass is 260 g/mol. The van der Waals surface area contributed by atoms with Crippen LogP contribution < -0.4 is 5.73 Å². The Balaban J connectivity index is 2.07. The second-order valence-electron chi connectivity index (χ2n) is 3.82. The summed E-state index contributed by atoms with van der Waals surface area (Å²) in [7, 11) is 0. The highest BCUT2D eigenvalue weighted by Gasteiger charge is 2.18. The average Bonchev–Trinajstić information content (AvgIpc) is 2.78. The van der Waals surface area contributed by atoms with Gasteiger partial charge >= 0.3 is 5.97 Å². The summed E-state index contributed by atoms with van der Waals surface area (Å²) < 4.78 is 10.1. The second kappa shape index (κ2) is 5.34. The molecule has 2 rings (SSSR count). The Morgan fingerprint density at radius 2 is 2.00 bits per heavy atom. The van der Waals surface area contributed by atoms with E-state index < -0.39 is 11.9 Å². The van der Waals surface area contributed by atoms with Crippen LogP contribution in [0.3, 0.4) is 0 Å². The van der Waals surface area contributed by atoms with E-state index in [0.717, 1.165) is 0 Å². The largest absolute Gasteiger partial charge is 0.455 e. The zero-order valence-electron chi connectivity index (χ0n) is 10.3. The molecule has 0 aliphatic rings. The first-order valence-corrected chi connectivity index (χ1v) is 5.56. The molecule has 2 aromatic rings. The van der Waals surface area contributed by atoms with Crippen molar-refractivity contribution in [1.29, 1.82) is 0 Å². The average molecular weight is 260 g/mol. The minimum absolute atomic E-state index is 0.0849. The number of aryl methyl sites for hydroxylation is 1. The second-order valence-corrected chi connectivity index (χ2v) is 3.82. The number of amides is 1. The van der Waals surface area contributed by atoms with Crippen LogP contribution in [-0.2, 0) is 11.3 Å². The number of nitrogens with two attached hydrogens (primary N) is 1. The highest BCUT2D eigenvalue weighted by molar-refractivity contribution is 5.91. The first-order chi connectivity index (χ1) is 9.08. The smallest absolute Gasteiger partial charge is 0.338 e. The zero-order chi connectivity index (χ0) is 13.8. The third kappa shape index (κ3) is 2.98. The molecule has 1 aromatic carbocycles. The summed E-state index contributed by atoms with van der Waals surface area (Å²) in [6.07, 6.45) is 0. The molecule has 98 valence electrons. The molecule has 6 heteroatoms. The van der Waals surface area contributed by atoms with Crippen molar-refractivity contribution in [3.05, 3.63) is 53.2 Å². The van der Waals surface area contributed by atoms with Crippen LogP contribution in [0, 0.1) is 6.92 Å². The fourth-order valence-corrected chi connectivity index (χ4v) is 1.55. The number of esters is 1. The molecule has 2 N–H and O–H groups in total. The van der Waals surface area contributed by atoms with E-state index in [2.05, 4.69) is 4.98 Å². The van der Waals surface area contributed by atoms with Gasteiger partial charge in [0.15, 0.2) is 5.89 Å². The molecule has 1 heterocycles. The van der Waals surface area contributed by atoms with Crippen molar-refractivity contribution < 1.29 is 18.7 Å². The lowest BCUT2D eigenvalue weighted by Crippen LogP contribution is -2.14. The SMILES string of the molecule is Cc1nc(COC(=O)c2ccccc2)c(C(N)=O)o1. The summed E-state index contributed by atoms with van der Waals surface area (Å²) in [5.74, 6) is -1.04. The number of hydrogen-bond acceptors (Lipinski definition) is 5. The summed E-state index contributed by atoms with van der Waals surface area (Å²) in [6.45, 7) is 1.41. The number of carbonyl (C=O) groups is 2. The van der Waals surface area contributed by atoms with Crippen molar-refractivity contribution in [1.82, 2.24) is 4.98 Å². The Hall–Kier alpha value is -2.63. The first kappa shape index (κ1) is 12.8. The number of oxazole rings is 1. The summed E-state index contributed by atoms with van der Waals surface area (Å²) in [4.78, 5) is 26.8. The molecule has 0 aliphatic heterocycles. The van der Waals surface area contributed by atoms with E-state index in [9.17, 15) is 9.59 Å². The quantitative estimate of drug-likeness (QED) is 0.839. The van der Waals surface area contributed by atoms with Crippen LogP contribution in [-0.4, -0.2) is 16.9 Å². The lowest BCUT2D eigenvalue weighted by atomic mass is 10.2. The number of hydrogen-bond donors (Lipinski definition) is 1. The molecule has 0 saturated heterocycles. The van der Waals surface area contributed by atoms with Crippen molar-refractivity contribution >= 4 is 11.9 Å². The molecule has 1 amide bonds.